The zero-order chi connectivity index (χ0) is 13.0. The Morgan fingerprint density at radius 1 is 1.28 bits per heavy atom. The number of rotatable bonds is 4. The van der Waals surface area contributed by atoms with Crippen LogP contribution in [0.25, 0.3) is 0 Å². The second-order valence-corrected chi connectivity index (χ2v) is 4.22. The van der Waals surface area contributed by atoms with E-state index in [-0.39, 0.29) is 6.04 Å². The fraction of sp³-hybridized carbons (Fsp3) is 0.214. The summed E-state index contributed by atoms with van der Waals surface area (Å²) >= 11 is 0. The molecule has 4 heteroatoms. The van der Waals surface area contributed by atoms with Crippen LogP contribution < -0.4 is 16.2 Å². The first kappa shape index (κ1) is 12.4. The molecule has 0 aliphatic rings. The van der Waals surface area contributed by atoms with Gasteiger partial charge >= 0.3 is 0 Å². The highest BCUT2D eigenvalue weighted by Gasteiger charge is 2.11. The first-order valence-corrected chi connectivity index (χ1v) is 5.82. The van der Waals surface area contributed by atoms with Crippen LogP contribution in [0.15, 0.2) is 42.6 Å². The maximum atomic E-state index is 6.07. The summed E-state index contributed by atoms with van der Waals surface area (Å²) in [6, 6.07) is 11.2. The van der Waals surface area contributed by atoms with Gasteiger partial charge in [-0.25, -0.2) is 4.98 Å². The maximum Gasteiger partial charge on any atom is 0.128 e. The average Bonchev–Trinajstić information content (AvgIpc) is 2.40. The second kappa shape index (κ2) is 5.51. The van der Waals surface area contributed by atoms with Crippen molar-refractivity contribution in [3.63, 3.8) is 0 Å². The zero-order valence-electron chi connectivity index (χ0n) is 10.3. The van der Waals surface area contributed by atoms with Crippen LogP contribution in [0.5, 0.6) is 5.75 Å². The molecule has 0 fully saturated rings. The van der Waals surface area contributed by atoms with Crippen LogP contribution >= 0.6 is 0 Å². The van der Waals surface area contributed by atoms with Crippen LogP contribution in [0.1, 0.15) is 17.2 Å². The van der Waals surface area contributed by atoms with Crippen molar-refractivity contribution in [2.45, 2.75) is 13.0 Å². The first-order valence-electron chi connectivity index (χ1n) is 5.82. The number of nitrogens with two attached hydrogens (primary N) is 2. The molecule has 0 aliphatic heterocycles. The predicted octanol–water partition coefficient (Wildman–Crippen LogP) is 2.05. The van der Waals surface area contributed by atoms with Gasteiger partial charge in [-0.05, 0) is 30.7 Å². The van der Waals surface area contributed by atoms with E-state index in [0.717, 1.165) is 16.9 Å². The van der Waals surface area contributed by atoms with E-state index >= 15 is 0 Å². The molecule has 0 spiro atoms. The van der Waals surface area contributed by atoms with Crippen LogP contribution in [0.2, 0.25) is 0 Å². The van der Waals surface area contributed by atoms with Crippen molar-refractivity contribution in [1.82, 2.24) is 4.98 Å². The number of ether oxygens (including phenoxy) is 1. The van der Waals surface area contributed by atoms with Gasteiger partial charge in [0.2, 0.25) is 0 Å². The number of nitrogens with zero attached hydrogens (tertiary/aromatic N) is 1. The Labute approximate surface area is 107 Å². The number of hydrogen-bond acceptors (Lipinski definition) is 4. The van der Waals surface area contributed by atoms with Crippen molar-refractivity contribution < 1.29 is 4.74 Å². The molecule has 4 N–H and O–H groups in total. The smallest absolute Gasteiger partial charge is 0.128 e. The van der Waals surface area contributed by atoms with Crippen LogP contribution in [0.4, 0.5) is 5.82 Å². The van der Waals surface area contributed by atoms with Gasteiger partial charge in [-0.3, -0.25) is 0 Å². The first-order chi connectivity index (χ1) is 8.66. The van der Waals surface area contributed by atoms with Crippen molar-refractivity contribution in [2.24, 2.45) is 5.73 Å². The van der Waals surface area contributed by atoms with Gasteiger partial charge in [0.05, 0.1) is 6.04 Å². The zero-order valence-corrected chi connectivity index (χ0v) is 10.3. The molecule has 0 saturated carbocycles. The minimum Gasteiger partial charge on any atom is -0.492 e. The van der Waals surface area contributed by atoms with E-state index in [1.165, 1.54) is 0 Å². The molecule has 1 aromatic carbocycles. The summed E-state index contributed by atoms with van der Waals surface area (Å²) in [6.45, 7) is 2.33. The average molecular weight is 243 g/mol. The van der Waals surface area contributed by atoms with Crippen molar-refractivity contribution in [2.75, 3.05) is 12.3 Å². The molecule has 1 aromatic heterocycles. The second-order valence-electron chi connectivity index (χ2n) is 4.22. The number of pyridine rings is 1. The molecular formula is C14H17N3O. The molecule has 0 aliphatic carbocycles. The molecule has 1 unspecified atom stereocenters. The highest BCUT2D eigenvalue weighted by molar-refractivity contribution is 5.42. The van der Waals surface area contributed by atoms with Gasteiger partial charge in [-0.15, -0.1) is 0 Å². The van der Waals surface area contributed by atoms with E-state index in [2.05, 4.69) is 4.98 Å². The summed E-state index contributed by atoms with van der Waals surface area (Å²) in [5.74, 6) is 1.26. The predicted molar refractivity (Wildman–Crippen MR) is 72.3 cm³/mol. The Bertz CT molecular complexity index is 514. The number of aromatic nitrogens is 1. The molecule has 18 heavy (non-hydrogen) atoms. The van der Waals surface area contributed by atoms with E-state index in [4.69, 9.17) is 16.2 Å². The van der Waals surface area contributed by atoms with Gasteiger partial charge in [0.1, 0.15) is 18.2 Å². The van der Waals surface area contributed by atoms with Gasteiger partial charge < -0.3 is 16.2 Å². The van der Waals surface area contributed by atoms with Crippen LogP contribution in [0, 0.1) is 6.92 Å². The van der Waals surface area contributed by atoms with Crippen molar-refractivity contribution in [3.05, 3.63) is 53.7 Å². The van der Waals surface area contributed by atoms with E-state index in [1.807, 2.05) is 43.3 Å². The summed E-state index contributed by atoms with van der Waals surface area (Å²) in [7, 11) is 0. The summed E-state index contributed by atoms with van der Waals surface area (Å²) in [5.41, 5.74) is 13.7. The van der Waals surface area contributed by atoms with E-state index < -0.39 is 0 Å². The molecule has 4 nitrogen and oxygen atoms in total. The third kappa shape index (κ3) is 2.99. The topological polar surface area (TPSA) is 74.2 Å². The SMILES string of the molecule is Cc1cnc(N)c(C(N)COc2ccccc2)c1. The molecule has 2 aromatic rings. The molecule has 0 saturated heterocycles. The molecular weight excluding hydrogens is 226 g/mol. The van der Waals surface area contributed by atoms with E-state index in [1.54, 1.807) is 6.20 Å². The van der Waals surface area contributed by atoms with Gasteiger partial charge in [-0.1, -0.05) is 18.2 Å². The number of anilines is 1. The number of hydrogen-bond donors (Lipinski definition) is 2. The maximum absolute atomic E-state index is 6.07. The van der Waals surface area contributed by atoms with Crippen LogP contribution in [-0.4, -0.2) is 11.6 Å². The monoisotopic (exact) mass is 243 g/mol. The highest BCUT2D eigenvalue weighted by atomic mass is 16.5. The molecule has 94 valence electrons. The van der Waals surface area contributed by atoms with E-state index in [9.17, 15) is 0 Å². The van der Waals surface area contributed by atoms with Gasteiger partial charge in [0.25, 0.3) is 0 Å². The Kier molecular flexibility index (Phi) is 3.79. The molecule has 1 atom stereocenters. The largest absolute Gasteiger partial charge is 0.492 e. The third-order valence-corrected chi connectivity index (χ3v) is 2.66. The van der Waals surface area contributed by atoms with Crippen LogP contribution in [0.3, 0.4) is 0 Å². The standard InChI is InChI=1S/C14H17N3O/c1-10-7-12(14(16)17-8-10)13(15)9-18-11-5-3-2-4-6-11/h2-8,13H,9,15H2,1H3,(H2,16,17). The highest BCUT2D eigenvalue weighted by Crippen LogP contribution is 2.19. The lowest BCUT2D eigenvalue weighted by Crippen LogP contribution is -2.21. The fourth-order valence-electron chi connectivity index (χ4n) is 1.69. The lowest BCUT2D eigenvalue weighted by Gasteiger charge is -2.15. The summed E-state index contributed by atoms with van der Waals surface area (Å²) in [6.07, 6.45) is 1.73. The van der Waals surface area contributed by atoms with Gasteiger partial charge in [-0.2, -0.15) is 0 Å². The summed E-state index contributed by atoms with van der Waals surface area (Å²) in [5, 5.41) is 0. The van der Waals surface area contributed by atoms with Crippen LogP contribution in [-0.2, 0) is 0 Å². The lowest BCUT2D eigenvalue weighted by atomic mass is 10.1. The quantitative estimate of drug-likeness (QED) is 0.861. The number of para-hydroxylation sites is 1. The fourth-order valence-corrected chi connectivity index (χ4v) is 1.69. The Morgan fingerprint density at radius 3 is 2.72 bits per heavy atom. The van der Waals surface area contributed by atoms with Gasteiger partial charge in [0.15, 0.2) is 0 Å². The number of benzene rings is 1. The number of aryl methyl sites for hydroxylation is 1. The van der Waals surface area contributed by atoms with Crippen molar-refractivity contribution in [3.8, 4) is 5.75 Å². The third-order valence-electron chi connectivity index (χ3n) is 2.66. The lowest BCUT2D eigenvalue weighted by molar-refractivity contribution is 0.291. The Morgan fingerprint density at radius 2 is 2.00 bits per heavy atom. The number of nitrogen functional groups attached to an aromatic ring is 1. The van der Waals surface area contributed by atoms with E-state index in [0.29, 0.717) is 12.4 Å². The van der Waals surface area contributed by atoms with Crippen molar-refractivity contribution in [1.29, 1.82) is 0 Å². The minimum absolute atomic E-state index is 0.280. The molecule has 0 amide bonds. The molecule has 0 radical (unpaired) electrons. The normalized spacial score (nSPS) is 12.1. The summed E-state index contributed by atoms with van der Waals surface area (Å²) < 4.78 is 5.61. The molecule has 0 bridgehead atoms. The minimum atomic E-state index is -0.280. The molecule has 2 rings (SSSR count). The Hall–Kier alpha value is -2.07. The van der Waals surface area contributed by atoms with Crippen molar-refractivity contribution >= 4 is 5.82 Å². The Balaban J connectivity index is 2.03. The summed E-state index contributed by atoms with van der Waals surface area (Å²) in [4.78, 5) is 4.10. The van der Waals surface area contributed by atoms with Gasteiger partial charge in [0, 0.05) is 11.8 Å². The molecule has 1 heterocycles.